The number of fused-ring (bicyclic) bond motifs is 1. The topological polar surface area (TPSA) is 38.2 Å². The second-order valence-corrected chi connectivity index (χ2v) is 6.50. The Kier molecular flexibility index (Phi) is 4.36. The van der Waals surface area contributed by atoms with E-state index >= 15 is 0 Å². The lowest BCUT2D eigenvalue weighted by atomic mass is 10.1. The fourth-order valence-corrected chi connectivity index (χ4v) is 3.38. The SMILES string of the molecule is CCc1ccc(-c2cc(C)c3cccc(N4CCOCC4)c3n2)nc1. The van der Waals surface area contributed by atoms with E-state index in [1.54, 1.807) is 0 Å². The molecule has 0 bridgehead atoms. The number of anilines is 1. The molecule has 128 valence electrons. The van der Waals surface area contributed by atoms with Crippen LogP contribution in [0.4, 0.5) is 5.69 Å². The smallest absolute Gasteiger partial charge is 0.0946 e. The van der Waals surface area contributed by atoms with E-state index in [-0.39, 0.29) is 0 Å². The van der Waals surface area contributed by atoms with E-state index in [0.29, 0.717) is 0 Å². The highest BCUT2D eigenvalue weighted by molar-refractivity contribution is 5.94. The summed E-state index contributed by atoms with van der Waals surface area (Å²) in [6, 6.07) is 12.8. The first-order chi connectivity index (χ1) is 12.3. The van der Waals surface area contributed by atoms with Crippen LogP contribution in [0.2, 0.25) is 0 Å². The van der Waals surface area contributed by atoms with Crippen LogP contribution < -0.4 is 4.90 Å². The predicted molar refractivity (Wildman–Crippen MR) is 102 cm³/mol. The molecule has 0 N–H and O–H groups in total. The maximum Gasteiger partial charge on any atom is 0.0946 e. The molecule has 1 aliphatic heterocycles. The lowest BCUT2D eigenvalue weighted by Gasteiger charge is -2.29. The normalized spacial score (nSPS) is 14.9. The number of pyridine rings is 2. The first-order valence-electron chi connectivity index (χ1n) is 8.94. The Balaban J connectivity index is 1.83. The van der Waals surface area contributed by atoms with E-state index in [1.165, 1.54) is 22.2 Å². The van der Waals surface area contributed by atoms with Gasteiger partial charge in [-0.05, 0) is 42.7 Å². The monoisotopic (exact) mass is 333 g/mol. The number of aromatic nitrogens is 2. The molecular weight excluding hydrogens is 310 g/mol. The molecule has 3 heterocycles. The zero-order chi connectivity index (χ0) is 17.2. The lowest BCUT2D eigenvalue weighted by molar-refractivity contribution is 0.123. The third kappa shape index (κ3) is 3.10. The van der Waals surface area contributed by atoms with Gasteiger partial charge in [-0.25, -0.2) is 4.98 Å². The molecule has 2 aromatic heterocycles. The van der Waals surface area contributed by atoms with Crippen LogP contribution in [0, 0.1) is 6.92 Å². The van der Waals surface area contributed by atoms with Gasteiger partial charge in [0.25, 0.3) is 0 Å². The Bertz CT molecular complexity index is 884. The van der Waals surface area contributed by atoms with Crippen molar-refractivity contribution in [2.45, 2.75) is 20.3 Å². The van der Waals surface area contributed by atoms with Gasteiger partial charge in [-0.15, -0.1) is 0 Å². The number of morpholine rings is 1. The summed E-state index contributed by atoms with van der Waals surface area (Å²) in [5.41, 5.74) is 6.59. The second kappa shape index (κ2) is 6.81. The first-order valence-corrected chi connectivity index (χ1v) is 8.94. The zero-order valence-corrected chi connectivity index (χ0v) is 14.8. The minimum Gasteiger partial charge on any atom is -0.378 e. The molecule has 1 aliphatic rings. The lowest BCUT2D eigenvalue weighted by Crippen LogP contribution is -2.36. The van der Waals surface area contributed by atoms with Crippen molar-refractivity contribution in [3.05, 3.63) is 53.7 Å². The summed E-state index contributed by atoms with van der Waals surface area (Å²) in [4.78, 5) is 12.0. The van der Waals surface area contributed by atoms with Crippen LogP contribution in [-0.2, 0) is 11.2 Å². The van der Waals surface area contributed by atoms with E-state index in [4.69, 9.17) is 9.72 Å². The van der Waals surface area contributed by atoms with Crippen molar-refractivity contribution in [2.75, 3.05) is 31.2 Å². The van der Waals surface area contributed by atoms with Crippen LogP contribution >= 0.6 is 0 Å². The molecule has 0 atom stereocenters. The molecule has 0 unspecified atom stereocenters. The summed E-state index contributed by atoms with van der Waals surface area (Å²) in [7, 11) is 0. The van der Waals surface area contributed by atoms with Gasteiger partial charge in [-0.2, -0.15) is 0 Å². The Hall–Kier alpha value is -2.46. The summed E-state index contributed by atoms with van der Waals surface area (Å²) < 4.78 is 5.50. The van der Waals surface area contributed by atoms with Crippen molar-refractivity contribution in [3.63, 3.8) is 0 Å². The molecule has 0 aliphatic carbocycles. The Morgan fingerprint density at radius 2 is 1.92 bits per heavy atom. The van der Waals surface area contributed by atoms with E-state index in [1.807, 2.05) is 6.20 Å². The minimum absolute atomic E-state index is 0.773. The largest absolute Gasteiger partial charge is 0.378 e. The van der Waals surface area contributed by atoms with Crippen LogP contribution in [-0.4, -0.2) is 36.3 Å². The average Bonchev–Trinajstić information content (AvgIpc) is 2.68. The summed E-state index contributed by atoms with van der Waals surface area (Å²) in [6.45, 7) is 7.66. The molecule has 4 rings (SSSR count). The van der Waals surface area contributed by atoms with Gasteiger partial charge >= 0.3 is 0 Å². The molecule has 0 amide bonds. The van der Waals surface area contributed by atoms with Crippen molar-refractivity contribution in [2.24, 2.45) is 0 Å². The molecule has 4 heteroatoms. The number of para-hydroxylation sites is 1. The first kappa shape index (κ1) is 16.0. The predicted octanol–water partition coefficient (Wildman–Crippen LogP) is 4.00. The summed E-state index contributed by atoms with van der Waals surface area (Å²) in [5.74, 6) is 0. The summed E-state index contributed by atoms with van der Waals surface area (Å²) >= 11 is 0. The van der Waals surface area contributed by atoms with E-state index in [2.05, 4.69) is 60.1 Å². The minimum atomic E-state index is 0.773. The van der Waals surface area contributed by atoms with Gasteiger partial charge in [0, 0.05) is 24.7 Å². The Morgan fingerprint density at radius 3 is 2.64 bits per heavy atom. The molecule has 4 nitrogen and oxygen atoms in total. The molecule has 1 fully saturated rings. The van der Waals surface area contributed by atoms with E-state index in [9.17, 15) is 0 Å². The Morgan fingerprint density at radius 1 is 1.08 bits per heavy atom. The molecule has 1 aromatic carbocycles. The van der Waals surface area contributed by atoms with Gasteiger partial charge in [-0.1, -0.05) is 25.1 Å². The maximum atomic E-state index is 5.50. The highest BCUT2D eigenvalue weighted by atomic mass is 16.5. The fraction of sp³-hybridized carbons (Fsp3) is 0.333. The number of ether oxygens (including phenoxy) is 1. The maximum absolute atomic E-state index is 5.50. The zero-order valence-electron chi connectivity index (χ0n) is 14.8. The van der Waals surface area contributed by atoms with Gasteiger partial charge in [0.05, 0.1) is 35.8 Å². The third-order valence-corrected chi connectivity index (χ3v) is 4.87. The van der Waals surface area contributed by atoms with Gasteiger partial charge in [0.1, 0.15) is 0 Å². The average molecular weight is 333 g/mol. The highest BCUT2D eigenvalue weighted by Crippen LogP contribution is 2.30. The van der Waals surface area contributed by atoms with Crippen LogP contribution in [0.5, 0.6) is 0 Å². The number of nitrogens with zero attached hydrogens (tertiary/aromatic N) is 3. The standard InChI is InChI=1S/C21H23N3O/c1-3-16-7-8-18(22-14-16)19-13-15(2)17-5-4-6-20(21(17)23-19)24-9-11-25-12-10-24/h4-8,13-14H,3,9-12H2,1-2H3. The summed E-state index contributed by atoms with van der Waals surface area (Å²) in [6.07, 6.45) is 2.95. The van der Waals surface area contributed by atoms with Crippen LogP contribution in [0.3, 0.4) is 0 Å². The quantitative estimate of drug-likeness (QED) is 0.726. The van der Waals surface area contributed by atoms with Crippen LogP contribution in [0.15, 0.2) is 42.6 Å². The number of hydrogen-bond donors (Lipinski definition) is 0. The fourth-order valence-electron chi connectivity index (χ4n) is 3.38. The molecular formula is C21H23N3O. The van der Waals surface area contributed by atoms with Crippen molar-refractivity contribution < 1.29 is 4.74 Å². The molecule has 25 heavy (non-hydrogen) atoms. The Labute approximate surface area is 148 Å². The van der Waals surface area contributed by atoms with Gasteiger partial charge in [-0.3, -0.25) is 4.98 Å². The number of rotatable bonds is 3. The van der Waals surface area contributed by atoms with Crippen molar-refractivity contribution in [1.82, 2.24) is 9.97 Å². The van der Waals surface area contributed by atoms with Gasteiger partial charge < -0.3 is 9.64 Å². The van der Waals surface area contributed by atoms with Crippen molar-refractivity contribution in [1.29, 1.82) is 0 Å². The molecule has 1 saturated heterocycles. The molecule has 0 saturated carbocycles. The van der Waals surface area contributed by atoms with E-state index in [0.717, 1.165) is 49.6 Å². The van der Waals surface area contributed by atoms with E-state index < -0.39 is 0 Å². The molecule has 3 aromatic rings. The number of benzene rings is 1. The molecule has 0 radical (unpaired) electrons. The van der Waals surface area contributed by atoms with Crippen LogP contribution in [0.1, 0.15) is 18.1 Å². The highest BCUT2D eigenvalue weighted by Gasteiger charge is 2.16. The van der Waals surface area contributed by atoms with Crippen molar-refractivity contribution in [3.8, 4) is 11.4 Å². The summed E-state index contributed by atoms with van der Waals surface area (Å²) in [5, 5.41) is 1.21. The second-order valence-electron chi connectivity index (χ2n) is 6.50. The van der Waals surface area contributed by atoms with Crippen LogP contribution in [0.25, 0.3) is 22.3 Å². The number of hydrogen-bond acceptors (Lipinski definition) is 4. The number of aryl methyl sites for hydroxylation is 2. The van der Waals surface area contributed by atoms with Gasteiger partial charge in [0.2, 0.25) is 0 Å². The van der Waals surface area contributed by atoms with Crippen molar-refractivity contribution >= 4 is 16.6 Å². The molecule has 0 spiro atoms. The van der Waals surface area contributed by atoms with Gasteiger partial charge in [0.15, 0.2) is 0 Å². The third-order valence-electron chi connectivity index (χ3n) is 4.87.